The maximum atomic E-state index is 12.7. The van der Waals surface area contributed by atoms with Crippen molar-refractivity contribution < 1.29 is 14.3 Å². The fourth-order valence-electron chi connectivity index (χ4n) is 3.63. The molecule has 2 N–H and O–H groups in total. The molecule has 1 aliphatic rings. The number of carbonyl (C=O) groups excluding carboxylic acids is 2. The number of amides is 3. The molecule has 30 heavy (non-hydrogen) atoms. The first kappa shape index (κ1) is 22.1. The van der Waals surface area contributed by atoms with Crippen LogP contribution in [0.4, 0.5) is 4.79 Å². The zero-order valence-corrected chi connectivity index (χ0v) is 18.3. The van der Waals surface area contributed by atoms with Crippen LogP contribution in [0.15, 0.2) is 48.5 Å². The molecule has 1 heterocycles. The molecule has 0 radical (unpaired) electrons. The summed E-state index contributed by atoms with van der Waals surface area (Å²) in [4.78, 5) is 26.8. The van der Waals surface area contributed by atoms with Gasteiger partial charge in [-0.25, -0.2) is 4.79 Å². The van der Waals surface area contributed by atoms with Crippen LogP contribution in [0.2, 0.25) is 5.02 Å². The van der Waals surface area contributed by atoms with E-state index in [9.17, 15) is 9.59 Å². The summed E-state index contributed by atoms with van der Waals surface area (Å²) in [5.41, 5.74) is 2.41. The molecule has 2 aromatic rings. The lowest BCUT2D eigenvalue weighted by atomic mass is 10.1. The van der Waals surface area contributed by atoms with E-state index in [0.29, 0.717) is 30.2 Å². The molecule has 3 atom stereocenters. The van der Waals surface area contributed by atoms with E-state index in [1.165, 1.54) is 0 Å². The van der Waals surface area contributed by atoms with Gasteiger partial charge in [0.15, 0.2) is 0 Å². The molecule has 3 amide bonds. The zero-order chi connectivity index (χ0) is 21.7. The average Bonchev–Trinajstić information content (AvgIpc) is 2.71. The largest absolute Gasteiger partial charge is 0.372 e. The van der Waals surface area contributed by atoms with E-state index in [1.54, 1.807) is 18.2 Å². The summed E-state index contributed by atoms with van der Waals surface area (Å²) < 4.78 is 5.69. The fourth-order valence-corrected chi connectivity index (χ4v) is 3.92. The summed E-state index contributed by atoms with van der Waals surface area (Å²) in [5.74, 6) is 0.00261. The molecule has 7 heteroatoms. The van der Waals surface area contributed by atoms with Gasteiger partial charge in [0.25, 0.3) is 5.91 Å². The van der Waals surface area contributed by atoms with Gasteiger partial charge < -0.3 is 20.3 Å². The van der Waals surface area contributed by atoms with Crippen molar-refractivity contribution in [2.45, 2.75) is 45.6 Å². The molecule has 0 aliphatic carbocycles. The van der Waals surface area contributed by atoms with Gasteiger partial charge in [-0.15, -0.1) is 0 Å². The minimum atomic E-state index is -0.279. The van der Waals surface area contributed by atoms with Gasteiger partial charge in [-0.3, -0.25) is 4.79 Å². The number of halogens is 1. The lowest BCUT2D eigenvalue weighted by Crippen LogP contribution is -2.48. The van der Waals surface area contributed by atoms with Crippen molar-refractivity contribution in [3.05, 3.63) is 70.2 Å². The molecule has 3 rings (SSSR count). The van der Waals surface area contributed by atoms with E-state index in [-0.39, 0.29) is 30.2 Å². The highest BCUT2D eigenvalue weighted by Crippen LogP contribution is 2.22. The number of nitrogens with one attached hydrogen (secondary N) is 2. The average molecular weight is 430 g/mol. The Morgan fingerprint density at radius 3 is 2.37 bits per heavy atom. The Balaban J connectivity index is 1.51. The molecule has 1 aliphatic heterocycles. The van der Waals surface area contributed by atoms with Gasteiger partial charge in [-0.05, 0) is 50.1 Å². The molecule has 0 saturated carbocycles. The topological polar surface area (TPSA) is 70.7 Å². The summed E-state index contributed by atoms with van der Waals surface area (Å²) >= 11 is 6.18. The summed E-state index contributed by atoms with van der Waals surface area (Å²) in [6.45, 7) is 7.38. The second-order valence-electron chi connectivity index (χ2n) is 7.73. The predicted molar refractivity (Wildman–Crippen MR) is 118 cm³/mol. The third-order valence-corrected chi connectivity index (χ3v) is 5.42. The maximum Gasteiger partial charge on any atom is 0.315 e. The van der Waals surface area contributed by atoms with E-state index in [0.717, 1.165) is 11.1 Å². The van der Waals surface area contributed by atoms with Gasteiger partial charge in [0.2, 0.25) is 0 Å². The molecule has 3 unspecified atom stereocenters. The van der Waals surface area contributed by atoms with E-state index < -0.39 is 0 Å². The van der Waals surface area contributed by atoms with E-state index in [1.807, 2.05) is 56.0 Å². The monoisotopic (exact) mass is 429 g/mol. The number of morpholine rings is 1. The van der Waals surface area contributed by atoms with Crippen molar-refractivity contribution in [3.63, 3.8) is 0 Å². The number of hydrogen-bond acceptors (Lipinski definition) is 3. The summed E-state index contributed by atoms with van der Waals surface area (Å²) in [7, 11) is 0. The van der Waals surface area contributed by atoms with Crippen LogP contribution in [-0.2, 0) is 11.3 Å². The molecular weight excluding hydrogens is 402 g/mol. The Morgan fingerprint density at radius 1 is 1.10 bits per heavy atom. The van der Waals surface area contributed by atoms with Crippen LogP contribution in [-0.4, -0.2) is 42.1 Å². The SMILES string of the molecule is CC1CN(C(=O)c2ccc(CNC(=O)NC(C)c3ccccc3Cl)cc2)CC(C)O1. The molecule has 160 valence electrons. The first-order valence-electron chi connectivity index (χ1n) is 10.2. The third-order valence-electron chi connectivity index (χ3n) is 5.08. The highest BCUT2D eigenvalue weighted by molar-refractivity contribution is 6.31. The second-order valence-corrected chi connectivity index (χ2v) is 8.14. The Hall–Kier alpha value is -2.57. The molecule has 2 aromatic carbocycles. The molecule has 1 saturated heterocycles. The van der Waals surface area contributed by atoms with Gasteiger partial charge in [0, 0.05) is 30.2 Å². The molecular formula is C23H28ClN3O3. The number of hydrogen-bond donors (Lipinski definition) is 2. The smallest absolute Gasteiger partial charge is 0.315 e. The lowest BCUT2D eigenvalue weighted by molar-refractivity contribution is -0.0586. The third kappa shape index (κ3) is 5.74. The first-order valence-corrected chi connectivity index (χ1v) is 10.5. The molecule has 6 nitrogen and oxygen atoms in total. The van der Waals surface area contributed by atoms with Crippen molar-refractivity contribution in [1.29, 1.82) is 0 Å². The summed E-state index contributed by atoms with van der Waals surface area (Å²) in [5, 5.41) is 6.34. The van der Waals surface area contributed by atoms with Crippen molar-refractivity contribution in [1.82, 2.24) is 15.5 Å². The maximum absolute atomic E-state index is 12.7. The van der Waals surface area contributed by atoms with Crippen molar-refractivity contribution in [3.8, 4) is 0 Å². The Bertz CT molecular complexity index is 878. The van der Waals surface area contributed by atoms with Crippen LogP contribution in [0.5, 0.6) is 0 Å². The Labute approximate surface area is 182 Å². The Kier molecular flexibility index (Phi) is 7.34. The van der Waals surface area contributed by atoms with Gasteiger partial charge in [-0.2, -0.15) is 0 Å². The molecule has 1 fully saturated rings. The van der Waals surface area contributed by atoms with Crippen LogP contribution in [0.3, 0.4) is 0 Å². The standard InChI is InChI=1S/C23H28ClN3O3/c1-15-13-27(14-16(2)30-15)22(28)19-10-8-18(9-11-19)12-25-23(29)26-17(3)20-6-4-5-7-21(20)24/h4-11,15-17H,12-14H2,1-3H3,(H2,25,26,29). The Morgan fingerprint density at radius 2 is 1.73 bits per heavy atom. The quantitative estimate of drug-likeness (QED) is 0.750. The van der Waals surface area contributed by atoms with E-state index in [4.69, 9.17) is 16.3 Å². The highest BCUT2D eigenvalue weighted by Gasteiger charge is 2.26. The number of ether oxygens (including phenoxy) is 1. The fraction of sp³-hybridized carbons (Fsp3) is 0.391. The zero-order valence-electron chi connectivity index (χ0n) is 17.5. The van der Waals surface area contributed by atoms with Crippen LogP contribution in [0, 0.1) is 0 Å². The lowest BCUT2D eigenvalue weighted by Gasteiger charge is -2.35. The van der Waals surface area contributed by atoms with E-state index in [2.05, 4.69) is 10.6 Å². The van der Waals surface area contributed by atoms with Gasteiger partial charge >= 0.3 is 6.03 Å². The minimum Gasteiger partial charge on any atom is -0.372 e. The van der Waals surface area contributed by atoms with Gasteiger partial charge in [0.1, 0.15) is 0 Å². The van der Waals surface area contributed by atoms with Crippen molar-refractivity contribution >= 4 is 23.5 Å². The van der Waals surface area contributed by atoms with E-state index >= 15 is 0 Å². The number of rotatable bonds is 5. The van der Waals surface area contributed by atoms with Crippen molar-refractivity contribution in [2.75, 3.05) is 13.1 Å². The summed E-state index contributed by atoms with van der Waals surface area (Å²) in [6, 6.07) is 14.3. The first-order chi connectivity index (χ1) is 14.3. The molecule has 0 bridgehead atoms. The normalized spacial score (nSPS) is 19.8. The highest BCUT2D eigenvalue weighted by atomic mass is 35.5. The van der Waals surface area contributed by atoms with Crippen LogP contribution in [0.1, 0.15) is 48.3 Å². The number of benzene rings is 2. The van der Waals surface area contributed by atoms with Gasteiger partial charge in [0.05, 0.1) is 18.2 Å². The number of carbonyl (C=O) groups is 2. The van der Waals surface area contributed by atoms with Crippen LogP contribution in [0.25, 0.3) is 0 Å². The minimum absolute atomic E-state index is 0.00261. The number of nitrogens with zero attached hydrogens (tertiary/aromatic N) is 1. The molecule has 0 aromatic heterocycles. The molecule has 0 spiro atoms. The second kappa shape index (κ2) is 9.96. The van der Waals surface area contributed by atoms with Crippen LogP contribution >= 0.6 is 11.6 Å². The predicted octanol–water partition coefficient (Wildman–Crippen LogP) is 4.15. The number of urea groups is 1. The van der Waals surface area contributed by atoms with Crippen molar-refractivity contribution in [2.24, 2.45) is 0 Å². The van der Waals surface area contributed by atoms with Gasteiger partial charge in [-0.1, -0.05) is 41.9 Å². The summed E-state index contributed by atoms with van der Waals surface area (Å²) in [6.07, 6.45) is 0.0701. The van der Waals surface area contributed by atoms with Crippen LogP contribution < -0.4 is 10.6 Å².